The SMILES string of the molecule is Cc1nn(-c2ccccc2)c(OC(=O)Cc2ccccc2)c1Sc1ccc(Cl)cc1. The van der Waals surface area contributed by atoms with Crippen molar-refractivity contribution in [2.45, 2.75) is 23.1 Å². The number of rotatable bonds is 6. The Hall–Kier alpha value is -3.02. The van der Waals surface area contributed by atoms with Gasteiger partial charge < -0.3 is 4.74 Å². The fraction of sp³-hybridized carbons (Fsp3) is 0.0833. The molecule has 150 valence electrons. The molecule has 3 aromatic carbocycles. The molecule has 0 radical (unpaired) electrons. The van der Waals surface area contributed by atoms with Crippen molar-refractivity contribution in [3.8, 4) is 11.6 Å². The smallest absolute Gasteiger partial charge is 0.317 e. The number of hydrogen-bond acceptors (Lipinski definition) is 4. The third kappa shape index (κ3) is 4.75. The molecule has 4 aromatic rings. The molecule has 0 aliphatic rings. The van der Waals surface area contributed by atoms with Gasteiger partial charge in [0, 0.05) is 9.92 Å². The van der Waals surface area contributed by atoms with Gasteiger partial charge in [-0.1, -0.05) is 71.9 Å². The van der Waals surface area contributed by atoms with Crippen LogP contribution in [0.25, 0.3) is 5.69 Å². The van der Waals surface area contributed by atoms with E-state index in [9.17, 15) is 4.79 Å². The second-order valence-electron chi connectivity index (χ2n) is 6.66. The summed E-state index contributed by atoms with van der Waals surface area (Å²) < 4.78 is 7.54. The maximum absolute atomic E-state index is 12.7. The summed E-state index contributed by atoms with van der Waals surface area (Å²) in [6.07, 6.45) is 0.185. The zero-order valence-corrected chi connectivity index (χ0v) is 17.9. The van der Waals surface area contributed by atoms with Crippen molar-refractivity contribution in [1.29, 1.82) is 0 Å². The van der Waals surface area contributed by atoms with E-state index in [1.807, 2.05) is 91.9 Å². The van der Waals surface area contributed by atoms with Gasteiger partial charge in [-0.2, -0.15) is 9.78 Å². The Kier molecular flexibility index (Phi) is 6.21. The number of hydrogen-bond donors (Lipinski definition) is 0. The summed E-state index contributed by atoms with van der Waals surface area (Å²) in [6, 6.07) is 26.7. The molecule has 6 heteroatoms. The van der Waals surface area contributed by atoms with Gasteiger partial charge in [-0.15, -0.1) is 0 Å². The zero-order chi connectivity index (χ0) is 20.9. The van der Waals surface area contributed by atoms with Crippen LogP contribution in [-0.4, -0.2) is 15.7 Å². The fourth-order valence-electron chi connectivity index (χ4n) is 2.97. The average Bonchev–Trinajstić information content (AvgIpc) is 3.06. The number of carbonyl (C=O) groups is 1. The highest BCUT2D eigenvalue weighted by Gasteiger charge is 2.22. The first-order valence-corrected chi connectivity index (χ1v) is 10.6. The summed E-state index contributed by atoms with van der Waals surface area (Å²) in [6.45, 7) is 1.91. The van der Waals surface area contributed by atoms with E-state index in [0.29, 0.717) is 10.9 Å². The third-order valence-corrected chi connectivity index (χ3v) is 5.84. The normalized spacial score (nSPS) is 10.7. The minimum absolute atomic E-state index is 0.185. The number of esters is 1. The van der Waals surface area contributed by atoms with Gasteiger partial charge in [0.25, 0.3) is 0 Å². The second-order valence-corrected chi connectivity index (χ2v) is 8.18. The first kappa shape index (κ1) is 20.3. The molecule has 4 nitrogen and oxygen atoms in total. The molecule has 0 spiro atoms. The summed E-state index contributed by atoms with van der Waals surface area (Å²) in [5.74, 6) is 0.0795. The van der Waals surface area contributed by atoms with Crippen LogP contribution < -0.4 is 4.74 Å². The van der Waals surface area contributed by atoms with Crippen LogP contribution in [0.3, 0.4) is 0 Å². The van der Waals surface area contributed by atoms with Gasteiger partial charge in [-0.3, -0.25) is 4.79 Å². The molecule has 0 atom stereocenters. The van der Waals surface area contributed by atoms with Crippen LogP contribution in [0.2, 0.25) is 5.02 Å². The molecular formula is C24H19ClN2O2S. The molecule has 0 amide bonds. The summed E-state index contributed by atoms with van der Waals surface area (Å²) in [7, 11) is 0. The molecule has 1 heterocycles. The van der Waals surface area contributed by atoms with Gasteiger partial charge in [0.2, 0.25) is 5.88 Å². The molecule has 0 aliphatic heterocycles. The molecule has 0 aliphatic carbocycles. The van der Waals surface area contributed by atoms with Gasteiger partial charge in [0.05, 0.1) is 22.7 Å². The molecular weight excluding hydrogens is 416 g/mol. The molecule has 0 saturated heterocycles. The van der Waals surface area contributed by atoms with Crippen molar-refractivity contribution in [3.05, 3.63) is 101 Å². The van der Waals surface area contributed by atoms with Crippen LogP contribution in [0, 0.1) is 6.92 Å². The van der Waals surface area contributed by atoms with E-state index in [-0.39, 0.29) is 12.4 Å². The van der Waals surface area contributed by atoms with Crippen LogP contribution in [0.15, 0.2) is 94.7 Å². The monoisotopic (exact) mass is 434 g/mol. The van der Waals surface area contributed by atoms with E-state index in [4.69, 9.17) is 16.3 Å². The van der Waals surface area contributed by atoms with Crippen molar-refractivity contribution in [2.75, 3.05) is 0 Å². The molecule has 4 rings (SSSR count). The minimum atomic E-state index is -0.337. The maximum atomic E-state index is 12.7. The van der Waals surface area contributed by atoms with Gasteiger partial charge in [-0.25, -0.2) is 0 Å². The first-order valence-electron chi connectivity index (χ1n) is 9.43. The highest BCUT2D eigenvalue weighted by Crippen LogP contribution is 2.39. The summed E-state index contributed by atoms with van der Waals surface area (Å²) in [4.78, 5) is 14.5. The Bertz CT molecular complexity index is 1140. The van der Waals surface area contributed by atoms with Crippen LogP contribution in [0.5, 0.6) is 5.88 Å². The highest BCUT2D eigenvalue weighted by atomic mass is 35.5. The quantitative estimate of drug-likeness (QED) is 0.342. The lowest BCUT2D eigenvalue weighted by Gasteiger charge is -2.10. The topological polar surface area (TPSA) is 44.1 Å². The Morgan fingerprint density at radius 2 is 1.60 bits per heavy atom. The van der Waals surface area contributed by atoms with Gasteiger partial charge in [0.15, 0.2) is 0 Å². The van der Waals surface area contributed by atoms with Gasteiger partial charge in [-0.05, 0) is 48.9 Å². The number of aryl methyl sites for hydroxylation is 1. The first-order chi connectivity index (χ1) is 14.6. The molecule has 0 fully saturated rings. The number of halogens is 1. The summed E-state index contributed by atoms with van der Waals surface area (Å²) in [5.41, 5.74) is 2.50. The number of carbonyl (C=O) groups excluding carboxylic acids is 1. The number of aromatic nitrogens is 2. The zero-order valence-electron chi connectivity index (χ0n) is 16.3. The molecule has 0 saturated carbocycles. The molecule has 30 heavy (non-hydrogen) atoms. The Morgan fingerprint density at radius 1 is 0.967 bits per heavy atom. The molecule has 0 unspecified atom stereocenters. The summed E-state index contributed by atoms with van der Waals surface area (Å²) >= 11 is 7.51. The van der Waals surface area contributed by atoms with Crippen LogP contribution in [-0.2, 0) is 11.2 Å². The van der Waals surface area contributed by atoms with E-state index in [0.717, 1.165) is 26.7 Å². The number of nitrogens with zero attached hydrogens (tertiary/aromatic N) is 2. The van der Waals surface area contributed by atoms with Crippen molar-refractivity contribution >= 4 is 29.3 Å². The second kappa shape index (κ2) is 9.20. The largest absolute Gasteiger partial charge is 0.406 e. The lowest BCUT2D eigenvalue weighted by molar-refractivity contribution is -0.134. The third-order valence-electron chi connectivity index (χ3n) is 4.40. The molecule has 0 bridgehead atoms. The Morgan fingerprint density at radius 3 is 2.27 bits per heavy atom. The van der Waals surface area contributed by atoms with Crippen LogP contribution in [0.4, 0.5) is 0 Å². The number of para-hydroxylation sites is 1. The minimum Gasteiger partial charge on any atom is -0.406 e. The molecule has 1 aromatic heterocycles. The van der Waals surface area contributed by atoms with Crippen LogP contribution >= 0.6 is 23.4 Å². The summed E-state index contributed by atoms with van der Waals surface area (Å²) in [5, 5.41) is 5.32. The lowest BCUT2D eigenvalue weighted by Crippen LogP contribution is -2.14. The van der Waals surface area contributed by atoms with Crippen molar-refractivity contribution < 1.29 is 9.53 Å². The highest BCUT2D eigenvalue weighted by molar-refractivity contribution is 7.99. The van der Waals surface area contributed by atoms with Gasteiger partial charge in [0.1, 0.15) is 0 Å². The van der Waals surface area contributed by atoms with Gasteiger partial charge >= 0.3 is 5.97 Å². The van der Waals surface area contributed by atoms with Crippen LogP contribution in [0.1, 0.15) is 11.3 Å². The van der Waals surface area contributed by atoms with E-state index >= 15 is 0 Å². The fourth-order valence-corrected chi connectivity index (χ4v) is 4.01. The van der Waals surface area contributed by atoms with E-state index < -0.39 is 0 Å². The van der Waals surface area contributed by atoms with E-state index in [1.54, 1.807) is 4.68 Å². The molecule has 0 N–H and O–H groups in total. The maximum Gasteiger partial charge on any atom is 0.317 e. The lowest BCUT2D eigenvalue weighted by atomic mass is 10.2. The Labute approximate surface area is 184 Å². The van der Waals surface area contributed by atoms with Crippen molar-refractivity contribution in [2.24, 2.45) is 0 Å². The number of ether oxygens (including phenoxy) is 1. The predicted molar refractivity (Wildman–Crippen MR) is 120 cm³/mol. The van der Waals surface area contributed by atoms with E-state index in [1.165, 1.54) is 11.8 Å². The standard InChI is InChI=1S/C24H19ClN2O2S/c1-17-23(30-21-14-12-19(25)13-15-21)24(27(26-17)20-10-6-3-7-11-20)29-22(28)16-18-8-4-2-5-9-18/h2-15H,16H2,1H3. The number of benzene rings is 3. The Balaban J connectivity index is 1.69. The average molecular weight is 435 g/mol. The van der Waals surface area contributed by atoms with Crippen molar-refractivity contribution in [1.82, 2.24) is 9.78 Å². The predicted octanol–water partition coefficient (Wildman–Crippen LogP) is 6.13. The van der Waals surface area contributed by atoms with Crippen molar-refractivity contribution in [3.63, 3.8) is 0 Å². The van der Waals surface area contributed by atoms with E-state index in [2.05, 4.69) is 5.10 Å².